The Morgan fingerprint density at radius 3 is 2.04 bits per heavy atom. The number of carbonyl (C=O) groups is 1. The molecule has 0 aliphatic carbocycles. The number of hydrogen-bond donors (Lipinski definition) is 1. The highest BCUT2D eigenvalue weighted by Gasteiger charge is 2.08. The lowest BCUT2D eigenvalue weighted by Crippen LogP contribution is -2.21. The second-order valence-electron chi connectivity index (χ2n) is 6.71. The molecule has 0 aliphatic rings. The lowest BCUT2D eigenvalue weighted by atomic mass is 9.99. The largest absolute Gasteiger partial charge is 0.328 e. The number of ketones is 1. The van der Waals surface area contributed by atoms with Gasteiger partial charge in [-0.2, -0.15) is 0 Å². The highest BCUT2D eigenvalue weighted by molar-refractivity contribution is 5.95. The van der Waals surface area contributed by atoms with E-state index in [2.05, 4.69) is 6.92 Å². The average Bonchev–Trinajstić information content (AvgIpc) is 2.59. The number of Topliss-reactive ketones (excluding diaryl/α,β-unsaturated/α-hetero) is 1. The fourth-order valence-electron chi connectivity index (χ4n) is 2.95. The maximum absolute atomic E-state index is 12.0. The van der Waals surface area contributed by atoms with E-state index in [1.165, 1.54) is 57.8 Å². The van der Waals surface area contributed by atoms with Gasteiger partial charge in [0.25, 0.3) is 0 Å². The standard InChI is InChI=1S/C21H35NO/c1-2-3-4-5-6-7-8-9-13-16-20(22)17-18-21(23)19-14-11-10-12-15-19/h10-12,14-15,20H,2-9,13,16-18,22H2,1H3. The van der Waals surface area contributed by atoms with Crippen molar-refractivity contribution < 1.29 is 4.79 Å². The summed E-state index contributed by atoms with van der Waals surface area (Å²) in [7, 11) is 0. The third-order valence-electron chi connectivity index (χ3n) is 4.52. The summed E-state index contributed by atoms with van der Waals surface area (Å²) in [6.07, 6.45) is 14.5. The summed E-state index contributed by atoms with van der Waals surface area (Å²) in [6, 6.07) is 9.70. The Bertz CT molecular complexity index is 402. The summed E-state index contributed by atoms with van der Waals surface area (Å²) >= 11 is 0. The van der Waals surface area contributed by atoms with Crippen molar-refractivity contribution in [1.29, 1.82) is 0 Å². The molecule has 23 heavy (non-hydrogen) atoms. The topological polar surface area (TPSA) is 43.1 Å². The molecule has 130 valence electrons. The zero-order chi connectivity index (χ0) is 16.8. The van der Waals surface area contributed by atoms with Crippen molar-refractivity contribution in [1.82, 2.24) is 0 Å². The molecule has 0 fully saturated rings. The number of nitrogens with two attached hydrogens (primary N) is 1. The van der Waals surface area contributed by atoms with Gasteiger partial charge in [0, 0.05) is 18.0 Å². The molecule has 0 bridgehead atoms. The minimum atomic E-state index is 0.173. The van der Waals surface area contributed by atoms with E-state index in [1.807, 2.05) is 30.3 Å². The minimum Gasteiger partial charge on any atom is -0.328 e. The van der Waals surface area contributed by atoms with E-state index in [9.17, 15) is 4.79 Å². The van der Waals surface area contributed by atoms with Gasteiger partial charge in [0.05, 0.1) is 0 Å². The Labute approximate surface area is 142 Å². The van der Waals surface area contributed by atoms with Crippen molar-refractivity contribution in [2.45, 2.75) is 90.0 Å². The van der Waals surface area contributed by atoms with Crippen LogP contribution in [0.1, 0.15) is 94.3 Å². The van der Waals surface area contributed by atoms with Gasteiger partial charge in [-0.1, -0.05) is 95.0 Å². The first-order valence-electron chi connectivity index (χ1n) is 9.58. The summed E-state index contributed by atoms with van der Waals surface area (Å²) in [6.45, 7) is 2.26. The first-order valence-corrected chi connectivity index (χ1v) is 9.58. The second kappa shape index (κ2) is 13.3. The zero-order valence-corrected chi connectivity index (χ0v) is 14.9. The summed E-state index contributed by atoms with van der Waals surface area (Å²) in [4.78, 5) is 12.0. The van der Waals surface area contributed by atoms with Gasteiger partial charge < -0.3 is 5.73 Å². The molecule has 1 atom stereocenters. The van der Waals surface area contributed by atoms with Crippen LogP contribution < -0.4 is 5.73 Å². The number of rotatable bonds is 14. The molecule has 1 rings (SSSR count). The molecule has 0 amide bonds. The Morgan fingerprint density at radius 1 is 0.870 bits per heavy atom. The predicted molar refractivity (Wildman–Crippen MR) is 99.8 cm³/mol. The van der Waals surface area contributed by atoms with E-state index >= 15 is 0 Å². The van der Waals surface area contributed by atoms with Crippen molar-refractivity contribution in [2.75, 3.05) is 0 Å². The van der Waals surface area contributed by atoms with Crippen LogP contribution in [0.3, 0.4) is 0 Å². The molecular formula is C21H35NO. The molecule has 0 saturated heterocycles. The molecule has 2 heteroatoms. The van der Waals surface area contributed by atoms with Crippen LogP contribution in [0.5, 0.6) is 0 Å². The predicted octanol–water partition coefficient (Wildman–Crippen LogP) is 5.90. The van der Waals surface area contributed by atoms with Crippen LogP contribution in [0, 0.1) is 0 Å². The summed E-state index contributed by atoms with van der Waals surface area (Å²) in [5.74, 6) is 0.216. The Balaban J connectivity index is 1.96. The number of carbonyl (C=O) groups excluding carboxylic acids is 1. The van der Waals surface area contributed by atoms with Crippen LogP contribution in [0.2, 0.25) is 0 Å². The Hall–Kier alpha value is -1.15. The van der Waals surface area contributed by atoms with Crippen LogP contribution in [-0.4, -0.2) is 11.8 Å². The number of benzene rings is 1. The third-order valence-corrected chi connectivity index (χ3v) is 4.52. The smallest absolute Gasteiger partial charge is 0.162 e. The summed E-state index contributed by atoms with van der Waals surface area (Å²) < 4.78 is 0. The molecule has 0 heterocycles. The van der Waals surface area contributed by atoms with Gasteiger partial charge >= 0.3 is 0 Å². The molecule has 1 aromatic carbocycles. The number of unbranched alkanes of at least 4 members (excludes halogenated alkanes) is 8. The molecule has 2 N–H and O–H groups in total. The van der Waals surface area contributed by atoms with Gasteiger partial charge in [0.15, 0.2) is 5.78 Å². The fraction of sp³-hybridized carbons (Fsp3) is 0.667. The highest BCUT2D eigenvalue weighted by atomic mass is 16.1. The molecule has 2 nitrogen and oxygen atoms in total. The van der Waals surface area contributed by atoms with Crippen molar-refractivity contribution in [3.05, 3.63) is 35.9 Å². The molecule has 0 saturated carbocycles. The zero-order valence-electron chi connectivity index (χ0n) is 14.9. The quantitative estimate of drug-likeness (QED) is 0.343. The van der Waals surface area contributed by atoms with Gasteiger partial charge in [0.2, 0.25) is 0 Å². The van der Waals surface area contributed by atoms with Crippen LogP contribution in [0.25, 0.3) is 0 Å². The van der Waals surface area contributed by atoms with Gasteiger partial charge in [-0.15, -0.1) is 0 Å². The molecule has 0 aliphatic heterocycles. The van der Waals surface area contributed by atoms with Gasteiger partial charge in [-0.25, -0.2) is 0 Å². The van der Waals surface area contributed by atoms with Crippen LogP contribution in [0.4, 0.5) is 0 Å². The van der Waals surface area contributed by atoms with E-state index in [4.69, 9.17) is 5.73 Å². The molecule has 1 unspecified atom stereocenters. The third kappa shape index (κ3) is 10.3. The van der Waals surface area contributed by atoms with Gasteiger partial charge in [-0.05, 0) is 12.8 Å². The molecule has 1 aromatic rings. The maximum Gasteiger partial charge on any atom is 0.162 e. The summed E-state index contributed by atoms with van der Waals surface area (Å²) in [5.41, 5.74) is 6.95. The van der Waals surface area contributed by atoms with Crippen LogP contribution >= 0.6 is 0 Å². The first-order chi connectivity index (χ1) is 11.2. The van der Waals surface area contributed by atoms with Gasteiger partial charge in [-0.3, -0.25) is 4.79 Å². The normalized spacial score (nSPS) is 12.3. The first kappa shape index (κ1) is 19.9. The van der Waals surface area contributed by atoms with Crippen molar-refractivity contribution in [3.63, 3.8) is 0 Å². The van der Waals surface area contributed by atoms with E-state index < -0.39 is 0 Å². The number of hydrogen-bond acceptors (Lipinski definition) is 2. The van der Waals surface area contributed by atoms with E-state index in [0.717, 1.165) is 18.4 Å². The highest BCUT2D eigenvalue weighted by Crippen LogP contribution is 2.13. The lowest BCUT2D eigenvalue weighted by Gasteiger charge is -2.11. The van der Waals surface area contributed by atoms with E-state index in [-0.39, 0.29) is 11.8 Å². The molecular weight excluding hydrogens is 282 g/mol. The lowest BCUT2D eigenvalue weighted by molar-refractivity contribution is 0.0977. The molecule has 0 radical (unpaired) electrons. The Kier molecular flexibility index (Phi) is 11.5. The van der Waals surface area contributed by atoms with Crippen molar-refractivity contribution in [2.24, 2.45) is 5.73 Å². The molecule has 0 spiro atoms. The monoisotopic (exact) mass is 317 g/mol. The summed E-state index contributed by atoms with van der Waals surface area (Å²) in [5, 5.41) is 0. The van der Waals surface area contributed by atoms with Crippen molar-refractivity contribution in [3.8, 4) is 0 Å². The Morgan fingerprint density at radius 2 is 1.43 bits per heavy atom. The molecule has 0 aromatic heterocycles. The van der Waals surface area contributed by atoms with Crippen LogP contribution in [0.15, 0.2) is 30.3 Å². The second-order valence-corrected chi connectivity index (χ2v) is 6.71. The van der Waals surface area contributed by atoms with Gasteiger partial charge in [0.1, 0.15) is 0 Å². The van der Waals surface area contributed by atoms with E-state index in [1.54, 1.807) is 0 Å². The SMILES string of the molecule is CCCCCCCCCCCC(N)CCC(=O)c1ccccc1. The van der Waals surface area contributed by atoms with E-state index in [0.29, 0.717) is 6.42 Å². The minimum absolute atomic E-state index is 0.173. The average molecular weight is 318 g/mol. The maximum atomic E-state index is 12.0. The van der Waals surface area contributed by atoms with Crippen LogP contribution in [-0.2, 0) is 0 Å². The fourth-order valence-corrected chi connectivity index (χ4v) is 2.95. The van der Waals surface area contributed by atoms with Crippen molar-refractivity contribution >= 4 is 5.78 Å².